The zero-order valence-corrected chi connectivity index (χ0v) is 9.14. The largest absolute Gasteiger partial charge is 0.322 e. The van der Waals surface area contributed by atoms with Gasteiger partial charge in [0.25, 0.3) is 0 Å². The molecule has 0 bridgehead atoms. The molecule has 16 heavy (non-hydrogen) atoms. The Morgan fingerprint density at radius 3 is 2.12 bits per heavy atom. The van der Waals surface area contributed by atoms with E-state index in [0.29, 0.717) is 13.6 Å². The molecule has 2 fully saturated rings. The molecule has 0 spiro atoms. The van der Waals surface area contributed by atoms with Crippen molar-refractivity contribution in [3.8, 4) is 0 Å². The molecular formula is C12H14O4. The molecule has 0 radical (unpaired) electrons. The van der Waals surface area contributed by atoms with Gasteiger partial charge in [-0.3, -0.25) is 0 Å². The van der Waals surface area contributed by atoms with Crippen LogP contribution < -0.4 is 0 Å². The molecule has 0 saturated carbocycles. The second kappa shape index (κ2) is 4.14. The highest BCUT2D eigenvalue weighted by Gasteiger charge is 2.30. The first-order valence-electron chi connectivity index (χ1n) is 5.47. The van der Waals surface area contributed by atoms with E-state index in [4.69, 9.17) is 18.9 Å². The van der Waals surface area contributed by atoms with E-state index in [1.807, 2.05) is 6.07 Å². The molecule has 2 aliphatic heterocycles. The van der Waals surface area contributed by atoms with Gasteiger partial charge in [0.05, 0.1) is 0 Å². The Bertz CT molecular complexity index is 383. The van der Waals surface area contributed by atoms with Crippen LogP contribution in [0.5, 0.6) is 0 Å². The highest BCUT2D eigenvalue weighted by Crippen LogP contribution is 2.36. The van der Waals surface area contributed by atoms with Crippen molar-refractivity contribution in [2.45, 2.75) is 25.9 Å². The summed E-state index contributed by atoms with van der Waals surface area (Å²) < 4.78 is 21.3. The first kappa shape index (κ1) is 10.2. The molecule has 86 valence electrons. The van der Waals surface area contributed by atoms with E-state index in [9.17, 15) is 0 Å². The third-order valence-corrected chi connectivity index (χ3v) is 2.94. The zero-order chi connectivity index (χ0) is 11.0. The lowest BCUT2D eigenvalue weighted by molar-refractivity contribution is -0.339. The van der Waals surface area contributed by atoms with Crippen LogP contribution in [0.3, 0.4) is 0 Å². The quantitative estimate of drug-likeness (QED) is 0.786. The van der Waals surface area contributed by atoms with Crippen molar-refractivity contribution < 1.29 is 18.9 Å². The molecule has 2 aliphatic rings. The molecule has 1 aromatic carbocycles. The van der Waals surface area contributed by atoms with Crippen LogP contribution in [0.1, 0.15) is 36.2 Å². The molecule has 0 unspecified atom stereocenters. The summed E-state index contributed by atoms with van der Waals surface area (Å²) in [5, 5.41) is 0. The Hall–Kier alpha value is -0.940. The molecule has 2 heterocycles. The fourth-order valence-electron chi connectivity index (χ4n) is 1.89. The van der Waals surface area contributed by atoms with Gasteiger partial charge >= 0.3 is 0 Å². The number of aryl methyl sites for hydroxylation is 1. The van der Waals surface area contributed by atoms with E-state index in [0.717, 1.165) is 17.5 Å². The molecule has 3 rings (SSSR count). The summed E-state index contributed by atoms with van der Waals surface area (Å²) in [6.07, 6.45) is 0.481. The summed E-state index contributed by atoms with van der Waals surface area (Å²) in [6, 6.07) is 6.22. The minimum atomic E-state index is -0.256. The lowest BCUT2D eigenvalue weighted by Gasteiger charge is -2.33. The molecule has 1 aromatic rings. The van der Waals surface area contributed by atoms with Crippen molar-refractivity contribution in [2.75, 3.05) is 13.6 Å². The molecule has 4 nitrogen and oxygen atoms in total. The van der Waals surface area contributed by atoms with Gasteiger partial charge < -0.3 is 18.9 Å². The second-order valence-electron chi connectivity index (χ2n) is 3.88. The average Bonchev–Trinajstić information content (AvgIpc) is 2.15. The first-order chi connectivity index (χ1) is 7.88. The smallest absolute Gasteiger partial charge is 0.189 e. The summed E-state index contributed by atoms with van der Waals surface area (Å²) in [5.41, 5.74) is 3.29. The number of ether oxygens (including phenoxy) is 4. The molecule has 0 aliphatic carbocycles. The lowest BCUT2D eigenvalue weighted by atomic mass is 10.0. The Morgan fingerprint density at radius 1 is 1.00 bits per heavy atom. The Balaban J connectivity index is 1.94. The van der Waals surface area contributed by atoms with Crippen molar-refractivity contribution in [3.63, 3.8) is 0 Å². The van der Waals surface area contributed by atoms with Crippen molar-refractivity contribution in [3.05, 3.63) is 34.9 Å². The Kier molecular flexibility index (Phi) is 2.65. The van der Waals surface area contributed by atoms with Crippen molar-refractivity contribution in [2.24, 2.45) is 0 Å². The van der Waals surface area contributed by atoms with Crippen LogP contribution >= 0.6 is 0 Å². The Labute approximate surface area is 94.1 Å². The minimum absolute atomic E-state index is 0.255. The molecule has 0 aromatic heterocycles. The predicted molar refractivity (Wildman–Crippen MR) is 55.4 cm³/mol. The van der Waals surface area contributed by atoms with Gasteiger partial charge in [0.1, 0.15) is 0 Å². The summed E-state index contributed by atoms with van der Waals surface area (Å²) >= 11 is 0. The summed E-state index contributed by atoms with van der Waals surface area (Å²) in [7, 11) is 0. The van der Waals surface area contributed by atoms with Gasteiger partial charge in [0.2, 0.25) is 0 Å². The molecule has 0 amide bonds. The van der Waals surface area contributed by atoms with E-state index in [1.54, 1.807) is 0 Å². The van der Waals surface area contributed by atoms with Crippen LogP contribution in [0, 0.1) is 0 Å². The van der Waals surface area contributed by atoms with E-state index in [1.165, 1.54) is 5.56 Å². The zero-order valence-electron chi connectivity index (χ0n) is 9.14. The van der Waals surface area contributed by atoms with Gasteiger partial charge in [-0.05, 0) is 12.0 Å². The SMILES string of the molecule is CCc1ccc(C2OCO2)c(C2OCO2)c1. The number of hydrogen-bond acceptors (Lipinski definition) is 4. The summed E-state index contributed by atoms with van der Waals surface area (Å²) in [4.78, 5) is 0. The van der Waals surface area contributed by atoms with Crippen molar-refractivity contribution in [1.29, 1.82) is 0 Å². The van der Waals surface area contributed by atoms with Crippen LogP contribution in [0.2, 0.25) is 0 Å². The van der Waals surface area contributed by atoms with Gasteiger partial charge in [0.15, 0.2) is 26.2 Å². The molecule has 4 heteroatoms. The fourth-order valence-corrected chi connectivity index (χ4v) is 1.89. The standard InChI is InChI=1S/C12H14O4/c1-2-8-3-4-9(11-13-6-14-11)10(5-8)12-15-7-16-12/h3-5,11-12H,2,6-7H2,1H3. The third-order valence-electron chi connectivity index (χ3n) is 2.94. The van der Waals surface area contributed by atoms with E-state index in [2.05, 4.69) is 19.1 Å². The molecule has 0 atom stereocenters. The van der Waals surface area contributed by atoms with Crippen molar-refractivity contribution >= 4 is 0 Å². The molecule has 0 N–H and O–H groups in total. The third kappa shape index (κ3) is 1.64. The summed E-state index contributed by atoms with van der Waals surface area (Å²) in [5.74, 6) is 0. The normalized spacial score (nSPS) is 21.6. The monoisotopic (exact) mass is 222 g/mol. The average molecular weight is 222 g/mol. The number of benzene rings is 1. The molecule has 2 saturated heterocycles. The van der Waals surface area contributed by atoms with Gasteiger partial charge in [0, 0.05) is 11.1 Å². The highest BCUT2D eigenvalue weighted by molar-refractivity contribution is 5.34. The fraction of sp³-hybridized carbons (Fsp3) is 0.500. The molecular weight excluding hydrogens is 208 g/mol. The lowest BCUT2D eigenvalue weighted by Crippen LogP contribution is -2.28. The van der Waals surface area contributed by atoms with Gasteiger partial charge in [-0.15, -0.1) is 0 Å². The van der Waals surface area contributed by atoms with Crippen molar-refractivity contribution in [1.82, 2.24) is 0 Å². The topological polar surface area (TPSA) is 36.9 Å². The second-order valence-corrected chi connectivity index (χ2v) is 3.88. The minimum Gasteiger partial charge on any atom is -0.322 e. The number of rotatable bonds is 3. The van der Waals surface area contributed by atoms with Gasteiger partial charge in [-0.25, -0.2) is 0 Å². The maximum atomic E-state index is 5.34. The predicted octanol–water partition coefficient (Wildman–Crippen LogP) is 2.25. The van der Waals surface area contributed by atoms with Crippen LogP contribution in [-0.2, 0) is 25.4 Å². The van der Waals surface area contributed by atoms with Crippen LogP contribution in [-0.4, -0.2) is 13.6 Å². The van der Waals surface area contributed by atoms with Gasteiger partial charge in [-0.1, -0.05) is 25.1 Å². The van der Waals surface area contributed by atoms with Crippen LogP contribution in [0.4, 0.5) is 0 Å². The maximum Gasteiger partial charge on any atom is 0.189 e. The van der Waals surface area contributed by atoms with Crippen LogP contribution in [0.15, 0.2) is 18.2 Å². The Morgan fingerprint density at radius 2 is 1.62 bits per heavy atom. The van der Waals surface area contributed by atoms with Crippen LogP contribution in [0.25, 0.3) is 0 Å². The summed E-state index contributed by atoms with van der Waals surface area (Å²) in [6.45, 7) is 2.86. The van der Waals surface area contributed by atoms with E-state index < -0.39 is 0 Å². The highest BCUT2D eigenvalue weighted by atomic mass is 16.9. The maximum absolute atomic E-state index is 5.34. The van der Waals surface area contributed by atoms with E-state index >= 15 is 0 Å². The van der Waals surface area contributed by atoms with E-state index in [-0.39, 0.29) is 12.6 Å². The number of hydrogen-bond donors (Lipinski definition) is 0. The van der Waals surface area contributed by atoms with Gasteiger partial charge in [-0.2, -0.15) is 0 Å². The first-order valence-corrected chi connectivity index (χ1v) is 5.47.